The van der Waals surface area contributed by atoms with Crippen molar-refractivity contribution in [3.05, 3.63) is 46.5 Å². The fourth-order valence-electron chi connectivity index (χ4n) is 3.27. The van der Waals surface area contributed by atoms with E-state index in [4.69, 9.17) is 4.74 Å². The van der Waals surface area contributed by atoms with E-state index in [2.05, 4.69) is 15.6 Å². The number of fused-ring (bicyclic) bond motifs is 1. The molecular weight excluding hydrogens is 406 g/mol. The van der Waals surface area contributed by atoms with Gasteiger partial charge in [-0.1, -0.05) is 19.9 Å². The Labute approximate surface area is 181 Å². The van der Waals surface area contributed by atoms with Crippen molar-refractivity contribution >= 4 is 18.0 Å². The van der Waals surface area contributed by atoms with Crippen LogP contribution in [0.25, 0.3) is 0 Å². The number of dihydropyridines is 1. The number of hydrogen-bond donors (Lipinski definition) is 2. The predicted molar refractivity (Wildman–Crippen MR) is 115 cm³/mol. The first-order valence-corrected chi connectivity index (χ1v) is 10.2. The highest BCUT2D eigenvalue weighted by atomic mass is 19.3. The van der Waals surface area contributed by atoms with Crippen LogP contribution in [0.15, 0.2) is 35.4 Å². The molecule has 9 heteroatoms. The van der Waals surface area contributed by atoms with Gasteiger partial charge in [-0.25, -0.2) is 13.8 Å². The number of hydrogen-bond acceptors (Lipinski definition) is 6. The van der Waals surface area contributed by atoms with Crippen LogP contribution >= 0.6 is 0 Å². The largest absolute Gasteiger partial charge is 0.473 e. The Bertz CT molecular complexity index is 868. The Balaban J connectivity index is 0.000000614. The van der Waals surface area contributed by atoms with Crippen molar-refractivity contribution in [2.45, 2.75) is 46.7 Å². The van der Waals surface area contributed by atoms with Crippen LogP contribution < -0.4 is 10.6 Å². The number of aromatic nitrogens is 1. The zero-order chi connectivity index (χ0) is 23.1. The highest BCUT2D eigenvalue weighted by Crippen LogP contribution is 2.31. The number of anilines is 1. The molecular formula is C22H30F2N4O3. The average Bonchev–Trinajstić information content (AvgIpc) is 3.09. The van der Waals surface area contributed by atoms with Gasteiger partial charge in [-0.2, -0.15) is 0 Å². The molecule has 0 aromatic carbocycles. The normalized spacial score (nSPS) is 16.4. The zero-order valence-corrected chi connectivity index (χ0v) is 18.5. The number of allylic oxidation sites excluding steroid dienone is 2. The van der Waals surface area contributed by atoms with Crippen molar-refractivity contribution in [2.75, 3.05) is 25.5 Å². The van der Waals surface area contributed by atoms with Crippen molar-refractivity contribution < 1.29 is 23.1 Å². The van der Waals surface area contributed by atoms with Gasteiger partial charge in [-0.05, 0) is 25.5 Å². The molecule has 0 fully saturated rings. The maximum Gasteiger partial charge on any atom is 0.272 e. The molecule has 0 saturated carbocycles. The zero-order valence-electron chi connectivity index (χ0n) is 18.5. The van der Waals surface area contributed by atoms with E-state index in [1.807, 2.05) is 26.8 Å². The molecule has 0 spiro atoms. The SMILES string of the molecule is CC(C)C=O.CNc1nccc2c1CN(C(C)C1=CC(C)=C(OCC(F)F)NC1)C2=O. The van der Waals surface area contributed by atoms with E-state index in [-0.39, 0.29) is 17.9 Å². The van der Waals surface area contributed by atoms with E-state index in [1.165, 1.54) is 0 Å². The molecule has 1 amide bonds. The van der Waals surface area contributed by atoms with E-state index in [9.17, 15) is 18.4 Å². The molecule has 0 radical (unpaired) electrons. The fourth-order valence-corrected chi connectivity index (χ4v) is 3.27. The molecule has 2 N–H and O–H groups in total. The first-order valence-electron chi connectivity index (χ1n) is 10.2. The molecule has 170 valence electrons. The summed E-state index contributed by atoms with van der Waals surface area (Å²) in [5.74, 6) is 1.24. The van der Waals surface area contributed by atoms with E-state index >= 15 is 0 Å². The number of rotatable bonds is 7. The Kier molecular flexibility index (Phi) is 8.53. The molecule has 7 nitrogen and oxygen atoms in total. The molecule has 31 heavy (non-hydrogen) atoms. The summed E-state index contributed by atoms with van der Waals surface area (Å²) in [7, 11) is 1.78. The first kappa shape index (κ1) is 24.3. The fraction of sp³-hybridized carbons (Fsp3) is 0.500. The lowest BCUT2D eigenvalue weighted by molar-refractivity contribution is -0.110. The minimum absolute atomic E-state index is 0.0336. The number of nitrogens with one attached hydrogen (secondary N) is 2. The van der Waals surface area contributed by atoms with Gasteiger partial charge in [-0.3, -0.25) is 4.79 Å². The molecule has 3 heterocycles. The van der Waals surface area contributed by atoms with Gasteiger partial charge in [0.2, 0.25) is 0 Å². The number of carbonyl (C=O) groups is 2. The lowest BCUT2D eigenvalue weighted by Gasteiger charge is -2.30. The van der Waals surface area contributed by atoms with Crippen molar-refractivity contribution in [2.24, 2.45) is 5.92 Å². The molecule has 3 rings (SSSR count). The van der Waals surface area contributed by atoms with Gasteiger partial charge in [0.1, 0.15) is 12.1 Å². The van der Waals surface area contributed by atoms with Gasteiger partial charge >= 0.3 is 0 Å². The smallest absolute Gasteiger partial charge is 0.272 e. The maximum atomic E-state index is 12.8. The van der Waals surface area contributed by atoms with Gasteiger partial charge in [-0.15, -0.1) is 0 Å². The maximum absolute atomic E-state index is 12.8. The Morgan fingerprint density at radius 2 is 2.03 bits per heavy atom. The molecule has 1 aromatic heterocycles. The van der Waals surface area contributed by atoms with Gasteiger partial charge < -0.3 is 25.1 Å². The van der Waals surface area contributed by atoms with Crippen LogP contribution in [0.2, 0.25) is 0 Å². The Morgan fingerprint density at radius 1 is 1.35 bits per heavy atom. The van der Waals surface area contributed by atoms with Gasteiger partial charge in [0.05, 0.1) is 12.6 Å². The Morgan fingerprint density at radius 3 is 2.58 bits per heavy atom. The number of pyridine rings is 1. The summed E-state index contributed by atoms with van der Waals surface area (Å²) >= 11 is 0. The number of alkyl halides is 2. The molecule has 0 aliphatic carbocycles. The van der Waals surface area contributed by atoms with Crippen LogP contribution in [-0.2, 0) is 16.1 Å². The van der Waals surface area contributed by atoms with Crippen molar-refractivity contribution in [3.63, 3.8) is 0 Å². The second kappa shape index (κ2) is 10.9. The quantitative estimate of drug-likeness (QED) is 0.638. The van der Waals surface area contributed by atoms with Crippen LogP contribution in [0.1, 0.15) is 43.6 Å². The van der Waals surface area contributed by atoms with E-state index < -0.39 is 13.0 Å². The summed E-state index contributed by atoms with van der Waals surface area (Å²) < 4.78 is 29.7. The van der Waals surface area contributed by atoms with Crippen molar-refractivity contribution in [1.82, 2.24) is 15.2 Å². The lowest BCUT2D eigenvalue weighted by atomic mass is 10.0. The number of nitrogens with zero attached hydrogens (tertiary/aromatic N) is 2. The highest BCUT2D eigenvalue weighted by Gasteiger charge is 2.34. The minimum Gasteiger partial charge on any atom is -0.473 e. The summed E-state index contributed by atoms with van der Waals surface area (Å²) in [6.07, 6.45) is 1.92. The number of amides is 1. The number of halogens is 2. The summed E-state index contributed by atoms with van der Waals surface area (Å²) in [4.78, 5) is 28.3. The van der Waals surface area contributed by atoms with E-state index in [0.29, 0.717) is 30.4 Å². The predicted octanol–water partition coefficient (Wildman–Crippen LogP) is 3.35. The van der Waals surface area contributed by atoms with Gasteiger partial charge in [0.25, 0.3) is 12.3 Å². The minimum atomic E-state index is -2.52. The topological polar surface area (TPSA) is 83.6 Å². The van der Waals surface area contributed by atoms with E-state index in [1.54, 1.807) is 31.1 Å². The van der Waals surface area contributed by atoms with Crippen molar-refractivity contribution in [1.29, 1.82) is 0 Å². The second-order valence-electron chi connectivity index (χ2n) is 7.71. The summed E-state index contributed by atoms with van der Waals surface area (Å²) in [5.41, 5.74) is 3.28. The van der Waals surface area contributed by atoms with Crippen LogP contribution in [0.5, 0.6) is 0 Å². The van der Waals surface area contributed by atoms with Crippen LogP contribution in [-0.4, -0.2) is 54.7 Å². The number of aldehydes is 1. The van der Waals surface area contributed by atoms with Gasteiger partial charge in [0, 0.05) is 42.4 Å². The average molecular weight is 437 g/mol. The third-order valence-corrected chi connectivity index (χ3v) is 4.96. The standard InChI is InChI=1S/C18H22F2N4O2.C4H8O/c1-10-6-12(7-23-17(10)26-9-15(19)20)11(2)24-8-14-13(18(24)25)4-5-22-16(14)21-3;1-4(2)3-5/h4-6,11,15,23H,7-9H2,1-3H3,(H,21,22);3-4H,1-2H3. The third-order valence-electron chi connectivity index (χ3n) is 4.96. The number of ether oxygens (including phenoxy) is 1. The van der Waals surface area contributed by atoms with Crippen molar-refractivity contribution in [3.8, 4) is 0 Å². The molecule has 0 bridgehead atoms. The van der Waals surface area contributed by atoms with Crippen LogP contribution in [0.3, 0.4) is 0 Å². The molecule has 0 saturated heterocycles. The van der Waals surface area contributed by atoms with E-state index in [0.717, 1.165) is 23.0 Å². The lowest BCUT2D eigenvalue weighted by Crippen LogP contribution is -2.39. The second-order valence-corrected chi connectivity index (χ2v) is 7.71. The molecule has 2 aliphatic heterocycles. The monoisotopic (exact) mass is 436 g/mol. The summed E-state index contributed by atoms with van der Waals surface area (Å²) in [6, 6.07) is 1.60. The highest BCUT2D eigenvalue weighted by molar-refractivity contribution is 6.00. The third kappa shape index (κ3) is 6.02. The molecule has 2 aliphatic rings. The number of carbonyl (C=O) groups excluding carboxylic acids is 2. The first-order chi connectivity index (χ1) is 14.7. The van der Waals surface area contributed by atoms with Gasteiger partial charge in [0.15, 0.2) is 12.5 Å². The molecule has 1 aromatic rings. The molecule has 1 atom stereocenters. The van der Waals surface area contributed by atoms with Crippen LogP contribution in [0.4, 0.5) is 14.6 Å². The summed E-state index contributed by atoms with van der Waals surface area (Å²) in [5, 5.41) is 6.05. The Hall–Kier alpha value is -2.97. The summed E-state index contributed by atoms with van der Waals surface area (Å²) in [6.45, 7) is 7.74. The molecule has 1 unspecified atom stereocenters. The van der Waals surface area contributed by atoms with Crippen LogP contribution in [0, 0.1) is 5.92 Å².